The second-order valence-electron chi connectivity index (χ2n) is 6.04. The van der Waals surface area contributed by atoms with E-state index in [0.29, 0.717) is 30.6 Å². The first-order chi connectivity index (χ1) is 12.0. The lowest BCUT2D eigenvalue weighted by molar-refractivity contribution is -0.125. The normalized spacial score (nSPS) is 10.6. The van der Waals surface area contributed by atoms with Gasteiger partial charge in [-0.25, -0.2) is 0 Å². The zero-order chi connectivity index (χ0) is 18.3. The van der Waals surface area contributed by atoms with Crippen LogP contribution in [0.4, 0.5) is 11.4 Å². The Morgan fingerprint density at radius 3 is 1.92 bits per heavy atom. The molecule has 0 aromatic heterocycles. The minimum absolute atomic E-state index is 0. The number of hydrogen-bond acceptors (Lipinski definition) is 3. The van der Waals surface area contributed by atoms with Crippen molar-refractivity contribution in [3.63, 3.8) is 0 Å². The van der Waals surface area contributed by atoms with Crippen LogP contribution in [0.2, 0.25) is 0 Å². The topological polar surface area (TPSA) is 84.2 Å². The van der Waals surface area contributed by atoms with Crippen molar-refractivity contribution in [3.05, 3.63) is 60.2 Å². The maximum atomic E-state index is 12.5. The summed E-state index contributed by atoms with van der Waals surface area (Å²) >= 11 is 0. The van der Waals surface area contributed by atoms with Gasteiger partial charge in [-0.2, -0.15) is 0 Å². The monoisotopic (exact) mass is 375 g/mol. The lowest BCUT2D eigenvalue weighted by Crippen LogP contribution is -2.41. The van der Waals surface area contributed by atoms with Gasteiger partial charge < -0.3 is 16.4 Å². The molecule has 0 aliphatic rings. The summed E-state index contributed by atoms with van der Waals surface area (Å²) in [5, 5.41) is 5.73. The van der Waals surface area contributed by atoms with E-state index in [2.05, 4.69) is 10.6 Å². The lowest BCUT2D eigenvalue weighted by atomic mass is 9.81. The summed E-state index contributed by atoms with van der Waals surface area (Å²) in [5.41, 5.74) is 7.17. The van der Waals surface area contributed by atoms with Crippen molar-refractivity contribution in [2.75, 3.05) is 17.2 Å². The molecule has 0 unspecified atom stereocenters. The first-order valence-corrected chi connectivity index (χ1v) is 8.52. The van der Waals surface area contributed by atoms with Gasteiger partial charge in [-0.1, -0.05) is 32.0 Å². The number of benzene rings is 2. The van der Waals surface area contributed by atoms with E-state index >= 15 is 0 Å². The van der Waals surface area contributed by atoms with E-state index in [4.69, 9.17) is 5.73 Å². The molecule has 0 bridgehead atoms. The summed E-state index contributed by atoms with van der Waals surface area (Å²) in [5.74, 6) is -0.274. The first kappa shape index (κ1) is 21.7. The van der Waals surface area contributed by atoms with Crippen LogP contribution in [-0.2, 0) is 4.79 Å². The number of anilines is 2. The van der Waals surface area contributed by atoms with Crippen molar-refractivity contribution >= 4 is 35.6 Å². The summed E-state index contributed by atoms with van der Waals surface area (Å²) in [6.45, 7) is 4.24. The Morgan fingerprint density at radius 1 is 0.885 bits per heavy atom. The summed E-state index contributed by atoms with van der Waals surface area (Å²) in [6.07, 6.45) is 1.37. The number of para-hydroxylation sites is 1. The average molecular weight is 376 g/mol. The summed E-state index contributed by atoms with van der Waals surface area (Å²) < 4.78 is 0. The molecule has 0 aliphatic heterocycles. The van der Waals surface area contributed by atoms with Crippen molar-refractivity contribution < 1.29 is 9.59 Å². The third-order valence-electron chi connectivity index (χ3n) is 4.66. The second-order valence-corrected chi connectivity index (χ2v) is 6.04. The lowest BCUT2D eigenvalue weighted by Gasteiger charge is -2.28. The van der Waals surface area contributed by atoms with Crippen molar-refractivity contribution in [1.82, 2.24) is 0 Å². The molecule has 2 amide bonds. The predicted molar refractivity (Wildman–Crippen MR) is 109 cm³/mol. The van der Waals surface area contributed by atoms with Crippen LogP contribution in [0.3, 0.4) is 0 Å². The van der Waals surface area contributed by atoms with Gasteiger partial charge >= 0.3 is 0 Å². The fraction of sp³-hybridized carbons (Fsp3) is 0.300. The van der Waals surface area contributed by atoms with E-state index in [-0.39, 0.29) is 24.2 Å². The third-order valence-corrected chi connectivity index (χ3v) is 4.66. The predicted octanol–water partition coefficient (Wildman–Crippen LogP) is 4.06. The highest BCUT2D eigenvalue weighted by Gasteiger charge is 2.33. The van der Waals surface area contributed by atoms with Gasteiger partial charge in [-0.3, -0.25) is 9.59 Å². The Labute approximate surface area is 160 Å². The molecule has 2 aromatic carbocycles. The van der Waals surface area contributed by atoms with Crippen LogP contribution >= 0.6 is 12.4 Å². The number of hydrogen-bond donors (Lipinski definition) is 3. The number of nitrogens with one attached hydrogen (secondary N) is 2. The molecule has 0 spiro atoms. The maximum absolute atomic E-state index is 12.5. The second kappa shape index (κ2) is 9.94. The van der Waals surface area contributed by atoms with Crippen LogP contribution in [0.1, 0.15) is 37.0 Å². The van der Waals surface area contributed by atoms with E-state index in [0.717, 1.165) is 5.69 Å². The Morgan fingerprint density at radius 2 is 1.42 bits per heavy atom. The van der Waals surface area contributed by atoms with E-state index in [1.807, 2.05) is 44.2 Å². The van der Waals surface area contributed by atoms with Gasteiger partial charge in [-0.05, 0) is 49.2 Å². The molecule has 5 nitrogen and oxygen atoms in total. The molecule has 0 atom stereocenters. The Bertz CT molecular complexity index is 705. The van der Waals surface area contributed by atoms with Crippen molar-refractivity contribution in [1.29, 1.82) is 0 Å². The number of halogens is 1. The van der Waals surface area contributed by atoms with E-state index in [1.54, 1.807) is 24.3 Å². The van der Waals surface area contributed by atoms with Gasteiger partial charge in [0.25, 0.3) is 5.91 Å². The summed E-state index contributed by atoms with van der Waals surface area (Å²) in [4.78, 5) is 24.7. The van der Waals surface area contributed by atoms with Gasteiger partial charge in [0.1, 0.15) is 0 Å². The van der Waals surface area contributed by atoms with Crippen LogP contribution in [0.15, 0.2) is 54.6 Å². The molecule has 2 rings (SSSR count). The molecule has 0 heterocycles. The van der Waals surface area contributed by atoms with E-state index in [9.17, 15) is 9.59 Å². The number of carbonyl (C=O) groups is 2. The smallest absolute Gasteiger partial charge is 0.255 e. The first-order valence-electron chi connectivity index (χ1n) is 8.52. The summed E-state index contributed by atoms with van der Waals surface area (Å²) in [7, 11) is 0. The quantitative estimate of drug-likeness (QED) is 0.682. The molecular formula is C20H26ClN3O2. The number of amides is 2. The highest BCUT2D eigenvalue weighted by Crippen LogP contribution is 2.27. The third kappa shape index (κ3) is 5.07. The average Bonchev–Trinajstić information content (AvgIpc) is 2.65. The van der Waals surface area contributed by atoms with Crippen LogP contribution in [-0.4, -0.2) is 18.4 Å². The van der Waals surface area contributed by atoms with Crippen molar-refractivity contribution in [3.8, 4) is 0 Å². The highest BCUT2D eigenvalue weighted by molar-refractivity contribution is 6.04. The van der Waals surface area contributed by atoms with E-state index < -0.39 is 5.41 Å². The van der Waals surface area contributed by atoms with Crippen molar-refractivity contribution in [2.24, 2.45) is 11.1 Å². The molecule has 26 heavy (non-hydrogen) atoms. The molecule has 4 N–H and O–H groups in total. The summed E-state index contributed by atoms with van der Waals surface area (Å²) in [6, 6.07) is 16.1. The molecular weight excluding hydrogens is 350 g/mol. The molecule has 0 radical (unpaired) electrons. The molecule has 140 valence electrons. The van der Waals surface area contributed by atoms with Gasteiger partial charge in [0, 0.05) is 23.5 Å². The van der Waals surface area contributed by atoms with Crippen molar-refractivity contribution in [2.45, 2.75) is 26.7 Å². The molecule has 6 heteroatoms. The molecule has 0 fully saturated rings. The van der Waals surface area contributed by atoms with Gasteiger partial charge in [0.2, 0.25) is 5.91 Å². The van der Waals surface area contributed by atoms with E-state index in [1.165, 1.54) is 0 Å². The molecule has 2 aromatic rings. The van der Waals surface area contributed by atoms with Gasteiger partial charge in [0.05, 0.1) is 5.41 Å². The van der Waals surface area contributed by atoms with Gasteiger partial charge in [0.15, 0.2) is 0 Å². The van der Waals surface area contributed by atoms with Crippen LogP contribution in [0.5, 0.6) is 0 Å². The molecule has 0 saturated heterocycles. The highest BCUT2D eigenvalue weighted by atomic mass is 35.5. The fourth-order valence-electron chi connectivity index (χ4n) is 2.65. The fourth-order valence-corrected chi connectivity index (χ4v) is 2.65. The minimum Gasteiger partial charge on any atom is -0.329 e. The van der Waals surface area contributed by atoms with Gasteiger partial charge in [-0.15, -0.1) is 12.4 Å². The molecule has 0 aliphatic carbocycles. The zero-order valence-electron chi connectivity index (χ0n) is 15.1. The van der Waals surface area contributed by atoms with Crippen LogP contribution in [0, 0.1) is 5.41 Å². The Hall–Kier alpha value is -2.37. The number of carbonyl (C=O) groups excluding carboxylic acids is 2. The Balaban J connectivity index is 0.00000338. The SMILES string of the molecule is CCC(CC)(CN)C(=O)Nc1ccc(C(=O)Nc2ccccc2)cc1.Cl. The van der Waals surface area contributed by atoms with Crippen LogP contribution < -0.4 is 16.4 Å². The maximum Gasteiger partial charge on any atom is 0.255 e. The van der Waals surface area contributed by atoms with Crippen LogP contribution in [0.25, 0.3) is 0 Å². The number of rotatable bonds is 7. The number of nitrogens with two attached hydrogens (primary N) is 1. The minimum atomic E-state index is -0.552. The molecule has 0 saturated carbocycles. The standard InChI is InChI=1S/C20H25N3O2.ClH/c1-3-20(4-2,14-21)19(25)23-17-12-10-15(11-13-17)18(24)22-16-8-6-5-7-9-16;/h5-13H,3-4,14,21H2,1-2H3,(H,22,24)(H,23,25);1H. The Kier molecular flexibility index (Phi) is 8.29. The largest absolute Gasteiger partial charge is 0.329 e. The zero-order valence-corrected chi connectivity index (χ0v) is 15.9.